The van der Waals surface area contributed by atoms with Crippen LogP contribution in [0.1, 0.15) is 10.7 Å². The van der Waals surface area contributed by atoms with Gasteiger partial charge < -0.3 is 9.64 Å². The van der Waals surface area contributed by atoms with Gasteiger partial charge in [-0.15, -0.1) is 24.5 Å². The average Bonchev–Trinajstić information content (AvgIpc) is 2.73. The van der Waals surface area contributed by atoms with Crippen molar-refractivity contribution < 1.29 is 17.9 Å². The summed E-state index contributed by atoms with van der Waals surface area (Å²) in [5.74, 6) is 0.215. The summed E-state index contributed by atoms with van der Waals surface area (Å²) in [6.45, 7) is 2.45. The minimum Gasteiger partial charge on any atom is -0.404 e. The number of pyridine rings is 1. The fourth-order valence-corrected chi connectivity index (χ4v) is 2.38. The molecule has 0 saturated carbocycles. The molecule has 0 bridgehead atoms. The number of thiazole rings is 1. The number of halogens is 3. The van der Waals surface area contributed by atoms with Crippen LogP contribution in [0.3, 0.4) is 0 Å². The molecular formula is C12H12F3N3OS. The number of ether oxygens (including phenoxy) is 1. The lowest BCUT2D eigenvalue weighted by atomic mass is 10.4. The summed E-state index contributed by atoms with van der Waals surface area (Å²) >= 11 is 1.53. The monoisotopic (exact) mass is 303 g/mol. The van der Waals surface area contributed by atoms with Crippen LogP contribution in [0, 0.1) is 6.92 Å². The van der Waals surface area contributed by atoms with Gasteiger partial charge in [0.2, 0.25) is 0 Å². The summed E-state index contributed by atoms with van der Waals surface area (Å²) in [5, 5.41) is 2.86. The van der Waals surface area contributed by atoms with E-state index in [0.29, 0.717) is 12.4 Å². The standard InChI is InChI=1S/C12H12F3N3OS/c1-8-7-20-11(17-8)6-18(2)10-4-3-9(5-16-10)19-12(13,14)15/h3-5,7H,6H2,1-2H3. The van der Waals surface area contributed by atoms with Gasteiger partial charge in [0.05, 0.1) is 12.7 Å². The zero-order valence-electron chi connectivity index (χ0n) is 10.8. The highest BCUT2D eigenvalue weighted by molar-refractivity contribution is 7.09. The maximum Gasteiger partial charge on any atom is 0.573 e. The number of rotatable bonds is 4. The number of anilines is 1. The number of aryl methyl sites for hydroxylation is 1. The van der Waals surface area contributed by atoms with Gasteiger partial charge in [-0.3, -0.25) is 0 Å². The molecule has 2 rings (SSSR count). The second-order valence-corrected chi connectivity index (χ2v) is 5.08. The van der Waals surface area contributed by atoms with Crippen molar-refractivity contribution in [1.82, 2.24) is 9.97 Å². The van der Waals surface area contributed by atoms with Crippen LogP contribution in [0.5, 0.6) is 5.75 Å². The molecule has 0 amide bonds. The molecule has 0 saturated heterocycles. The van der Waals surface area contributed by atoms with E-state index in [1.165, 1.54) is 23.5 Å². The molecule has 0 aliphatic rings. The molecule has 2 aromatic rings. The van der Waals surface area contributed by atoms with Crippen LogP contribution in [0.25, 0.3) is 0 Å². The Morgan fingerprint density at radius 1 is 1.35 bits per heavy atom. The van der Waals surface area contributed by atoms with Gasteiger partial charge in [-0.1, -0.05) is 0 Å². The van der Waals surface area contributed by atoms with Crippen molar-refractivity contribution in [3.05, 3.63) is 34.4 Å². The van der Waals surface area contributed by atoms with Crippen molar-refractivity contribution in [2.24, 2.45) is 0 Å². The molecule has 0 aliphatic heterocycles. The number of nitrogens with zero attached hydrogens (tertiary/aromatic N) is 3. The van der Waals surface area contributed by atoms with Gasteiger partial charge in [-0.2, -0.15) is 0 Å². The van der Waals surface area contributed by atoms with Crippen LogP contribution in [0.15, 0.2) is 23.7 Å². The van der Waals surface area contributed by atoms with Gasteiger partial charge >= 0.3 is 6.36 Å². The summed E-state index contributed by atoms with van der Waals surface area (Å²) in [6, 6.07) is 2.71. The molecule has 0 radical (unpaired) electrons. The average molecular weight is 303 g/mol. The maximum absolute atomic E-state index is 12.0. The Hall–Kier alpha value is -1.83. The van der Waals surface area contributed by atoms with Gasteiger partial charge in [0.25, 0.3) is 0 Å². The first-order chi connectivity index (χ1) is 9.33. The van der Waals surface area contributed by atoms with E-state index in [1.807, 2.05) is 12.3 Å². The van der Waals surface area contributed by atoms with Crippen molar-refractivity contribution >= 4 is 17.2 Å². The number of hydrogen-bond donors (Lipinski definition) is 0. The first kappa shape index (κ1) is 14.6. The van der Waals surface area contributed by atoms with Crippen LogP contribution < -0.4 is 9.64 Å². The number of alkyl halides is 3. The molecule has 0 fully saturated rings. The summed E-state index contributed by atoms with van der Waals surface area (Å²) in [4.78, 5) is 10.1. The fraction of sp³-hybridized carbons (Fsp3) is 0.333. The van der Waals surface area contributed by atoms with E-state index < -0.39 is 6.36 Å². The zero-order valence-corrected chi connectivity index (χ0v) is 11.6. The third-order valence-electron chi connectivity index (χ3n) is 2.38. The van der Waals surface area contributed by atoms with Gasteiger partial charge in [-0.25, -0.2) is 9.97 Å². The second kappa shape index (κ2) is 5.66. The smallest absolute Gasteiger partial charge is 0.404 e. The fourth-order valence-electron chi connectivity index (χ4n) is 1.55. The predicted octanol–water partition coefficient (Wildman–Crippen LogP) is 3.38. The minimum atomic E-state index is -4.70. The third kappa shape index (κ3) is 4.09. The molecule has 108 valence electrons. The predicted molar refractivity (Wildman–Crippen MR) is 69.9 cm³/mol. The lowest BCUT2D eigenvalue weighted by molar-refractivity contribution is -0.274. The van der Waals surface area contributed by atoms with Gasteiger partial charge in [-0.05, 0) is 19.1 Å². The Balaban J connectivity index is 2.02. The van der Waals surface area contributed by atoms with Crippen molar-refractivity contribution in [2.75, 3.05) is 11.9 Å². The van der Waals surface area contributed by atoms with Gasteiger partial charge in [0, 0.05) is 18.1 Å². The van der Waals surface area contributed by atoms with E-state index in [2.05, 4.69) is 14.7 Å². The molecule has 8 heteroatoms. The topological polar surface area (TPSA) is 38.2 Å². The molecule has 0 spiro atoms. The first-order valence-electron chi connectivity index (χ1n) is 5.67. The highest BCUT2D eigenvalue weighted by Crippen LogP contribution is 2.23. The van der Waals surface area contributed by atoms with Crippen molar-refractivity contribution in [3.63, 3.8) is 0 Å². The van der Waals surface area contributed by atoms with Crippen LogP contribution in [0.4, 0.5) is 19.0 Å². The normalized spacial score (nSPS) is 11.4. The minimum absolute atomic E-state index is 0.334. The SMILES string of the molecule is Cc1csc(CN(C)c2ccc(OC(F)(F)F)cn2)n1. The largest absolute Gasteiger partial charge is 0.573 e. The van der Waals surface area contributed by atoms with Crippen LogP contribution in [0.2, 0.25) is 0 Å². The Morgan fingerprint density at radius 2 is 2.10 bits per heavy atom. The molecule has 0 N–H and O–H groups in total. The Labute approximate surface area is 117 Å². The quantitative estimate of drug-likeness (QED) is 0.868. The highest BCUT2D eigenvalue weighted by Gasteiger charge is 2.31. The molecule has 2 heterocycles. The summed E-state index contributed by atoms with van der Waals surface area (Å²) in [7, 11) is 1.79. The number of aromatic nitrogens is 2. The first-order valence-corrected chi connectivity index (χ1v) is 6.55. The van der Waals surface area contributed by atoms with Crippen molar-refractivity contribution in [3.8, 4) is 5.75 Å². The third-order valence-corrected chi connectivity index (χ3v) is 3.34. The van der Waals surface area contributed by atoms with Crippen LogP contribution in [-0.2, 0) is 6.54 Å². The molecule has 2 aromatic heterocycles. The maximum atomic E-state index is 12.0. The van der Waals surface area contributed by atoms with Crippen molar-refractivity contribution in [1.29, 1.82) is 0 Å². The summed E-state index contributed by atoms with van der Waals surface area (Å²) in [6.07, 6.45) is -3.65. The zero-order chi connectivity index (χ0) is 14.8. The van der Waals surface area contributed by atoms with E-state index in [0.717, 1.165) is 16.9 Å². The van der Waals surface area contributed by atoms with Gasteiger partial charge in [0.15, 0.2) is 0 Å². The van der Waals surface area contributed by atoms with Crippen molar-refractivity contribution in [2.45, 2.75) is 19.8 Å². The van der Waals surface area contributed by atoms with E-state index in [9.17, 15) is 13.2 Å². The lowest BCUT2D eigenvalue weighted by Gasteiger charge is -2.17. The van der Waals surface area contributed by atoms with E-state index in [1.54, 1.807) is 11.9 Å². The van der Waals surface area contributed by atoms with E-state index in [4.69, 9.17) is 0 Å². The molecule has 0 unspecified atom stereocenters. The molecular weight excluding hydrogens is 291 g/mol. The Kier molecular flexibility index (Phi) is 4.12. The highest BCUT2D eigenvalue weighted by atomic mass is 32.1. The van der Waals surface area contributed by atoms with Crippen LogP contribution in [-0.4, -0.2) is 23.4 Å². The molecule has 20 heavy (non-hydrogen) atoms. The number of hydrogen-bond acceptors (Lipinski definition) is 5. The summed E-state index contributed by atoms with van der Waals surface area (Å²) < 4.78 is 39.8. The Morgan fingerprint density at radius 3 is 2.60 bits per heavy atom. The molecule has 0 aromatic carbocycles. The molecule has 0 atom stereocenters. The Bertz CT molecular complexity index is 568. The van der Waals surface area contributed by atoms with Crippen LogP contribution >= 0.6 is 11.3 Å². The second-order valence-electron chi connectivity index (χ2n) is 4.14. The molecule has 4 nitrogen and oxygen atoms in total. The molecule has 0 aliphatic carbocycles. The van der Waals surface area contributed by atoms with E-state index >= 15 is 0 Å². The van der Waals surface area contributed by atoms with E-state index in [-0.39, 0.29) is 5.75 Å². The van der Waals surface area contributed by atoms with Gasteiger partial charge in [0.1, 0.15) is 16.6 Å². The lowest BCUT2D eigenvalue weighted by Crippen LogP contribution is -2.19. The summed E-state index contributed by atoms with van der Waals surface area (Å²) in [5.41, 5.74) is 0.945.